The smallest absolute Gasteiger partial charge is 0.242 e. The minimum Gasteiger partial charge on any atom is -0.399 e. The molecule has 3 rings (SSSR count). The van der Waals surface area contributed by atoms with Crippen molar-refractivity contribution in [3.63, 3.8) is 0 Å². The van der Waals surface area contributed by atoms with Crippen LogP contribution in [0.4, 0.5) is 10.8 Å². The van der Waals surface area contributed by atoms with E-state index < -0.39 is 0 Å². The molecule has 1 amide bonds. The third-order valence-electron chi connectivity index (χ3n) is 3.70. The van der Waals surface area contributed by atoms with E-state index in [9.17, 15) is 4.79 Å². The fourth-order valence-electron chi connectivity index (χ4n) is 2.65. The molecule has 0 bridgehead atoms. The third kappa shape index (κ3) is 2.31. The fourth-order valence-corrected chi connectivity index (χ4v) is 3.74. The monoisotopic (exact) mass is 290 g/mol. The highest BCUT2D eigenvalue weighted by Gasteiger charge is 2.30. The summed E-state index contributed by atoms with van der Waals surface area (Å²) in [5, 5.41) is 3.67. The van der Waals surface area contributed by atoms with Gasteiger partial charge in [0.1, 0.15) is 6.04 Å². The number of thiazole rings is 1. The number of nitrogens with two attached hydrogens (primary N) is 1. The molecule has 106 valence electrons. The van der Waals surface area contributed by atoms with E-state index >= 15 is 0 Å². The van der Waals surface area contributed by atoms with Crippen LogP contribution < -0.4 is 16.0 Å². The van der Waals surface area contributed by atoms with Crippen LogP contribution >= 0.6 is 11.3 Å². The van der Waals surface area contributed by atoms with E-state index in [1.54, 1.807) is 18.4 Å². The lowest BCUT2D eigenvalue weighted by molar-refractivity contribution is -0.122. The van der Waals surface area contributed by atoms with Crippen molar-refractivity contribution < 1.29 is 4.79 Å². The minimum atomic E-state index is -0.105. The largest absolute Gasteiger partial charge is 0.399 e. The van der Waals surface area contributed by atoms with E-state index in [0.717, 1.165) is 46.8 Å². The van der Waals surface area contributed by atoms with Crippen molar-refractivity contribution in [1.82, 2.24) is 10.3 Å². The second-order valence-corrected chi connectivity index (χ2v) is 6.05. The van der Waals surface area contributed by atoms with Gasteiger partial charge in [-0.05, 0) is 37.5 Å². The maximum Gasteiger partial charge on any atom is 0.242 e. The van der Waals surface area contributed by atoms with Gasteiger partial charge in [-0.25, -0.2) is 4.98 Å². The topological polar surface area (TPSA) is 71.2 Å². The molecule has 1 aliphatic rings. The summed E-state index contributed by atoms with van der Waals surface area (Å²) >= 11 is 1.60. The van der Waals surface area contributed by atoms with Crippen LogP contribution in [0, 0.1) is 0 Å². The predicted octanol–water partition coefficient (Wildman–Crippen LogP) is 1.98. The Labute approximate surface area is 121 Å². The Bertz CT molecular complexity index is 639. The molecule has 1 atom stereocenters. The van der Waals surface area contributed by atoms with E-state index in [1.807, 2.05) is 18.2 Å². The Hall–Kier alpha value is -1.82. The quantitative estimate of drug-likeness (QED) is 0.830. The lowest BCUT2D eigenvalue weighted by Gasteiger charge is -2.34. The Morgan fingerprint density at radius 1 is 1.50 bits per heavy atom. The SMILES string of the molecule is CNC(=O)C1CCCCN1c1nc2ccc(N)cc2s1. The average molecular weight is 290 g/mol. The molecular weight excluding hydrogens is 272 g/mol. The highest BCUT2D eigenvalue weighted by molar-refractivity contribution is 7.22. The van der Waals surface area contributed by atoms with Gasteiger partial charge in [-0.15, -0.1) is 0 Å². The van der Waals surface area contributed by atoms with Gasteiger partial charge in [0.25, 0.3) is 0 Å². The number of benzene rings is 1. The van der Waals surface area contributed by atoms with Crippen LogP contribution in [0.1, 0.15) is 19.3 Å². The second-order valence-electron chi connectivity index (χ2n) is 5.04. The van der Waals surface area contributed by atoms with Crippen molar-refractivity contribution in [2.24, 2.45) is 0 Å². The number of hydrogen-bond donors (Lipinski definition) is 2. The molecule has 0 saturated carbocycles. The molecule has 1 saturated heterocycles. The van der Waals surface area contributed by atoms with Crippen molar-refractivity contribution >= 4 is 38.3 Å². The molecule has 1 aromatic heterocycles. The van der Waals surface area contributed by atoms with E-state index in [2.05, 4.69) is 15.2 Å². The summed E-state index contributed by atoms with van der Waals surface area (Å²) in [6.45, 7) is 0.882. The van der Waals surface area contributed by atoms with Crippen molar-refractivity contribution in [1.29, 1.82) is 0 Å². The number of carbonyl (C=O) groups is 1. The zero-order valence-corrected chi connectivity index (χ0v) is 12.2. The van der Waals surface area contributed by atoms with Crippen LogP contribution in [0.25, 0.3) is 10.2 Å². The van der Waals surface area contributed by atoms with E-state index in [1.165, 1.54) is 0 Å². The number of hydrogen-bond acceptors (Lipinski definition) is 5. The Morgan fingerprint density at radius 2 is 2.35 bits per heavy atom. The van der Waals surface area contributed by atoms with Gasteiger partial charge in [0, 0.05) is 19.3 Å². The van der Waals surface area contributed by atoms with Crippen LogP contribution in [0.15, 0.2) is 18.2 Å². The highest BCUT2D eigenvalue weighted by atomic mass is 32.1. The van der Waals surface area contributed by atoms with E-state index in [0.29, 0.717) is 0 Å². The number of fused-ring (bicyclic) bond motifs is 1. The highest BCUT2D eigenvalue weighted by Crippen LogP contribution is 2.33. The van der Waals surface area contributed by atoms with Crippen molar-refractivity contribution in [2.75, 3.05) is 24.2 Å². The second kappa shape index (κ2) is 5.28. The molecule has 6 heteroatoms. The zero-order chi connectivity index (χ0) is 14.1. The summed E-state index contributed by atoms with van der Waals surface area (Å²) in [6.07, 6.45) is 3.08. The molecule has 1 aromatic carbocycles. The fraction of sp³-hybridized carbons (Fsp3) is 0.429. The predicted molar refractivity (Wildman–Crippen MR) is 83.1 cm³/mol. The van der Waals surface area contributed by atoms with Gasteiger partial charge >= 0.3 is 0 Å². The lowest BCUT2D eigenvalue weighted by Crippen LogP contribution is -2.48. The molecule has 1 fully saturated rings. The van der Waals surface area contributed by atoms with Gasteiger partial charge in [0.15, 0.2) is 5.13 Å². The average Bonchev–Trinajstić information content (AvgIpc) is 2.89. The summed E-state index contributed by atoms with van der Waals surface area (Å²) in [7, 11) is 1.69. The number of nitrogen functional groups attached to an aromatic ring is 1. The minimum absolute atomic E-state index is 0.0727. The summed E-state index contributed by atoms with van der Waals surface area (Å²) < 4.78 is 1.07. The first-order valence-electron chi connectivity index (χ1n) is 6.83. The molecule has 1 unspecified atom stereocenters. The summed E-state index contributed by atoms with van der Waals surface area (Å²) in [5.41, 5.74) is 7.50. The van der Waals surface area contributed by atoms with Crippen molar-refractivity contribution in [2.45, 2.75) is 25.3 Å². The number of carbonyl (C=O) groups excluding carboxylic acids is 1. The van der Waals surface area contributed by atoms with Gasteiger partial charge in [-0.3, -0.25) is 4.79 Å². The third-order valence-corrected chi connectivity index (χ3v) is 4.75. The van der Waals surface area contributed by atoms with Gasteiger partial charge in [-0.2, -0.15) is 0 Å². The molecule has 1 aliphatic heterocycles. The standard InChI is InChI=1S/C14H18N4OS/c1-16-13(19)11-4-2-3-7-18(11)14-17-10-6-5-9(15)8-12(10)20-14/h5-6,8,11H,2-4,7,15H2,1H3,(H,16,19). The first-order chi connectivity index (χ1) is 9.69. The maximum atomic E-state index is 12.0. The molecule has 5 nitrogen and oxygen atoms in total. The molecule has 0 spiro atoms. The molecular formula is C14H18N4OS. The maximum absolute atomic E-state index is 12.0. The Morgan fingerprint density at radius 3 is 3.15 bits per heavy atom. The molecule has 20 heavy (non-hydrogen) atoms. The number of likely N-dealkylation sites (N-methyl/N-ethyl adjacent to an activating group) is 1. The number of amides is 1. The molecule has 0 aliphatic carbocycles. The molecule has 2 aromatic rings. The van der Waals surface area contributed by atoms with E-state index in [-0.39, 0.29) is 11.9 Å². The zero-order valence-electron chi connectivity index (χ0n) is 11.4. The van der Waals surface area contributed by atoms with Gasteiger partial charge in [0.2, 0.25) is 5.91 Å². The van der Waals surface area contributed by atoms with Crippen LogP contribution in [0.3, 0.4) is 0 Å². The van der Waals surface area contributed by atoms with Gasteiger partial charge < -0.3 is 16.0 Å². The number of nitrogens with zero attached hydrogens (tertiary/aromatic N) is 2. The number of piperidine rings is 1. The Kier molecular flexibility index (Phi) is 3.48. The summed E-state index contributed by atoms with van der Waals surface area (Å²) in [5.74, 6) is 0.0727. The molecule has 0 radical (unpaired) electrons. The van der Waals surface area contributed by atoms with Crippen LogP contribution in [-0.4, -0.2) is 30.5 Å². The van der Waals surface area contributed by atoms with Crippen LogP contribution in [0.2, 0.25) is 0 Å². The van der Waals surface area contributed by atoms with Crippen molar-refractivity contribution in [3.05, 3.63) is 18.2 Å². The number of rotatable bonds is 2. The lowest BCUT2D eigenvalue weighted by atomic mass is 10.0. The normalized spacial score (nSPS) is 19.2. The number of aromatic nitrogens is 1. The van der Waals surface area contributed by atoms with Crippen molar-refractivity contribution in [3.8, 4) is 0 Å². The van der Waals surface area contributed by atoms with Crippen LogP contribution in [0.5, 0.6) is 0 Å². The molecule has 2 heterocycles. The van der Waals surface area contributed by atoms with E-state index in [4.69, 9.17) is 5.73 Å². The summed E-state index contributed by atoms with van der Waals surface area (Å²) in [6, 6.07) is 5.63. The molecule has 3 N–H and O–H groups in total. The van der Waals surface area contributed by atoms with Gasteiger partial charge in [0.05, 0.1) is 10.2 Å². The number of nitrogens with one attached hydrogen (secondary N) is 1. The van der Waals surface area contributed by atoms with Crippen LogP contribution in [-0.2, 0) is 4.79 Å². The first kappa shape index (κ1) is 13.2. The first-order valence-corrected chi connectivity index (χ1v) is 7.65. The van der Waals surface area contributed by atoms with Gasteiger partial charge in [-0.1, -0.05) is 11.3 Å². The number of anilines is 2. The Balaban J connectivity index is 1.97. The summed E-state index contributed by atoms with van der Waals surface area (Å²) in [4.78, 5) is 18.8.